The summed E-state index contributed by atoms with van der Waals surface area (Å²) in [6.07, 6.45) is 5.27. The molecule has 2 aliphatic heterocycles. The van der Waals surface area contributed by atoms with Crippen LogP contribution in [-0.4, -0.2) is 28.1 Å². The molecule has 8 heteroatoms. The molecule has 2 bridgehead atoms. The molecule has 0 radical (unpaired) electrons. The van der Waals surface area contributed by atoms with E-state index in [2.05, 4.69) is 20.8 Å². The van der Waals surface area contributed by atoms with Crippen molar-refractivity contribution >= 4 is 29.9 Å². The molecule has 3 heterocycles. The third kappa shape index (κ3) is 4.55. The Bertz CT molecular complexity index is 755. The molecule has 2 N–H and O–H groups in total. The highest BCUT2D eigenvalue weighted by atomic mass is 35.5. The summed E-state index contributed by atoms with van der Waals surface area (Å²) in [5, 5.41) is 11.1. The number of aromatic nitrogens is 2. The lowest BCUT2D eigenvalue weighted by atomic mass is 9.89. The molecule has 2 aromatic rings. The largest absolute Gasteiger partial charge is 0.347 e. The Morgan fingerprint density at radius 3 is 2.81 bits per heavy atom. The van der Waals surface area contributed by atoms with Crippen molar-refractivity contribution in [1.82, 2.24) is 20.8 Å². The van der Waals surface area contributed by atoms with Gasteiger partial charge in [0.25, 0.3) is 0 Å². The Balaban J connectivity index is 0.00000196. The van der Waals surface area contributed by atoms with E-state index in [1.165, 1.54) is 12.8 Å². The highest BCUT2D eigenvalue weighted by Crippen LogP contribution is 2.32. The van der Waals surface area contributed by atoms with Crippen LogP contribution in [0.4, 0.5) is 0 Å². The van der Waals surface area contributed by atoms with Crippen LogP contribution in [0.5, 0.6) is 0 Å². The molecule has 1 aromatic carbocycles. The van der Waals surface area contributed by atoms with E-state index in [1.807, 2.05) is 12.1 Å². The maximum absolute atomic E-state index is 12.2. The summed E-state index contributed by atoms with van der Waals surface area (Å²) in [4.78, 5) is 16.5. The standard InChI is InChI=1S/C18H21ClN4O2.ClH/c19-13-3-1-2-12(9-13)18-22-17(25-23-18)10-20-16(24)8-11-6-14-4-5-15(7-11)21-14;/h1-3,9,11,14-15,21H,4-8,10H2,(H,20,24);1H. The molecular formula is C18H22Cl2N4O2. The van der Waals surface area contributed by atoms with Gasteiger partial charge in [-0.3, -0.25) is 4.79 Å². The summed E-state index contributed by atoms with van der Waals surface area (Å²) in [6, 6.07) is 8.48. The van der Waals surface area contributed by atoms with Gasteiger partial charge in [-0.25, -0.2) is 0 Å². The predicted molar refractivity (Wildman–Crippen MR) is 101 cm³/mol. The van der Waals surface area contributed by atoms with Gasteiger partial charge in [-0.05, 0) is 43.7 Å². The van der Waals surface area contributed by atoms with E-state index in [9.17, 15) is 4.79 Å². The SMILES string of the molecule is Cl.O=C(CC1CC2CCC(C1)N2)NCc1nc(-c2cccc(Cl)c2)no1. The number of piperidine rings is 1. The topological polar surface area (TPSA) is 80.0 Å². The fraction of sp³-hybridized carbons (Fsp3) is 0.500. The predicted octanol–water partition coefficient (Wildman–Crippen LogP) is 3.35. The molecule has 26 heavy (non-hydrogen) atoms. The number of amides is 1. The molecule has 2 saturated heterocycles. The number of carbonyl (C=O) groups excluding carboxylic acids is 1. The number of hydrogen-bond acceptors (Lipinski definition) is 5. The van der Waals surface area contributed by atoms with Crippen LogP contribution in [0.25, 0.3) is 11.4 Å². The van der Waals surface area contributed by atoms with E-state index in [0.717, 1.165) is 18.4 Å². The molecule has 2 unspecified atom stereocenters. The fourth-order valence-corrected chi connectivity index (χ4v) is 4.11. The average Bonchev–Trinajstić information content (AvgIpc) is 3.20. The third-order valence-electron chi connectivity index (χ3n) is 5.03. The van der Waals surface area contributed by atoms with Crippen LogP contribution in [-0.2, 0) is 11.3 Å². The lowest BCUT2D eigenvalue weighted by molar-refractivity contribution is -0.122. The zero-order chi connectivity index (χ0) is 17.2. The van der Waals surface area contributed by atoms with Crippen molar-refractivity contribution in [3.63, 3.8) is 0 Å². The van der Waals surface area contributed by atoms with Gasteiger partial charge in [0.2, 0.25) is 17.6 Å². The summed E-state index contributed by atoms with van der Waals surface area (Å²) in [6.45, 7) is 0.254. The van der Waals surface area contributed by atoms with Gasteiger partial charge in [0.1, 0.15) is 0 Å². The number of halogens is 2. The molecular weight excluding hydrogens is 375 g/mol. The number of nitrogens with one attached hydrogen (secondary N) is 2. The molecule has 2 fully saturated rings. The minimum absolute atomic E-state index is 0. The summed E-state index contributed by atoms with van der Waals surface area (Å²) in [5.41, 5.74) is 0.791. The monoisotopic (exact) mass is 396 g/mol. The molecule has 1 aromatic heterocycles. The Morgan fingerprint density at radius 1 is 1.31 bits per heavy atom. The van der Waals surface area contributed by atoms with E-state index < -0.39 is 0 Å². The van der Waals surface area contributed by atoms with Crippen molar-refractivity contribution in [3.05, 3.63) is 35.2 Å². The van der Waals surface area contributed by atoms with Gasteiger partial charge in [-0.1, -0.05) is 28.9 Å². The van der Waals surface area contributed by atoms with Gasteiger partial charge < -0.3 is 15.2 Å². The number of hydrogen-bond donors (Lipinski definition) is 2. The number of nitrogens with zero attached hydrogens (tertiary/aromatic N) is 2. The second-order valence-electron chi connectivity index (χ2n) is 6.98. The highest BCUT2D eigenvalue weighted by molar-refractivity contribution is 6.30. The third-order valence-corrected chi connectivity index (χ3v) is 5.27. The van der Waals surface area contributed by atoms with Gasteiger partial charge in [-0.15, -0.1) is 12.4 Å². The fourth-order valence-electron chi connectivity index (χ4n) is 3.92. The molecule has 0 spiro atoms. The number of benzene rings is 1. The van der Waals surface area contributed by atoms with Crippen LogP contribution in [0.3, 0.4) is 0 Å². The number of fused-ring (bicyclic) bond motifs is 2. The number of rotatable bonds is 5. The summed E-state index contributed by atoms with van der Waals surface area (Å²) >= 11 is 5.97. The van der Waals surface area contributed by atoms with Crippen LogP contribution in [0, 0.1) is 5.92 Å². The van der Waals surface area contributed by atoms with Crippen molar-refractivity contribution in [2.45, 2.75) is 50.7 Å². The lowest BCUT2D eigenvalue weighted by Gasteiger charge is -2.28. The first kappa shape index (κ1) is 19.1. The average molecular weight is 397 g/mol. The van der Waals surface area contributed by atoms with Crippen molar-refractivity contribution < 1.29 is 9.32 Å². The Morgan fingerprint density at radius 2 is 2.08 bits per heavy atom. The molecule has 6 nitrogen and oxygen atoms in total. The zero-order valence-electron chi connectivity index (χ0n) is 14.3. The first-order valence-corrected chi connectivity index (χ1v) is 9.15. The van der Waals surface area contributed by atoms with Crippen molar-refractivity contribution in [1.29, 1.82) is 0 Å². The molecule has 140 valence electrons. The summed E-state index contributed by atoms with van der Waals surface area (Å²) in [5.74, 6) is 1.40. The summed E-state index contributed by atoms with van der Waals surface area (Å²) in [7, 11) is 0. The van der Waals surface area contributed by atoms with Crippen molar-refractivity contribution in [3.8, 4) is 11.4 Å². The highest BCUT2D eigenvalue weighted by Gasteiger charge is 2.34. The van der Waals surface area contributed by atoms with Crippen LogP contribution >= 0.6 is 24.0 Å². The molecule has 0 saturated carbocycles. The van der Waals surface area contributed by atoms with E-state index in [1.54, 1.807) is 12.1 Å². The minimum Gasteiger partial charge on any atom is -0.347 e. The Kier molecular flexibility index (Phi) is 6.16. The second kappa shape index (κ2) is 8.37. The summed E-state index contributed by atoms with van der Waals surface area (Å²) < 4.78 is 5.21. The van der Waals surface area contributed by atoms with E-state index >= 15 is 0 Å². The lowest BCUT2D eigenvalue weighted by Crippen LogP contribution is -2.39. The van der Waals surface area contributed by atoms with Crippen LogP contribution < -0.4 is 10.6 Å². The zero-order valence-corrected chi connectivity index (χ0v) is 15.9. The van der Waals surface area contributed by atoms with Crippen LogP contribution in [0.1, 0.15) is 38.0 Å². The maximum Gasteiger partial charge on any atom is 0.246 e. The van der Waals surface area contributed by atoms with Crippen LogP contribution in [0.15, 0.2) is 28.8 Å². The first-order chi connectivity index (χ1) is 12.2. The van der Waals surface area contributed by atoms with Gasteiger partial charge in [-0.2, -0.15) is 4.98 Å². The Labute approximate surface area is 163 Å². The normalized spacial score (nSPS) is 24.1. The van der Waals surface area contributed by atoms with E-state index in [-0.39, 0.29) is 24.9 Å². The molecule has 2 atom stereocenters. The van der Waals surface area contributed by atoms with E-state index in [4.69, 9.17) is 16.1 Å². The van der Waals surface area contributed by atoms with Crippen LogP contribution in [0.2, 0.25) is 5.02 Å². The van der Waals surface area contributed by atoms with Gasteiger partial charge in [0, 0.05) is 29.1 Å². The van der Waals surface area contributed by atoms with Crippen molar-refractivity contribution in [2.75, 3.05) is 0 Å². The van der Waals surface area contributed by atoms with Gasteiger partial charge >= 0.3 is 0 Å². The van der Waals surface area contributed by atoms with Gasteiger partial charge in [0.15, 0.2) is 0 Å². The molecule has 1 amide bonds. The smallest absolute Gasteiger partial charge is 0.246 e. The quantitative estimate of drug-likeness (QED) is 0.809. The molecule has 0 aliphatic carbocycles. The molecule has 2 aliphatic rings. The first-order valence-electron chi connectivity index (χ1n) is 8.77. The van der Waals surface area contributed by atoms with Crippen molar-refractivity contribution in [2.24, 2.45) is 5.92 Å². The Hall–Kier alpha value is -1.63. The maximum atomic E-state index is 12.2. The van der Waals surface area contributed by atoms with Gasteiger partial charge in [0.05, 0.1) is 6.54 Å². The second-order valence-corrected chi connectivity index (χ2v) is 7.41. The molecule has 4 rings (SSSR count). The van der Waals surface area contributed by atoms with E-state index in [0.29, 0.717) is 41.2 Å². The number of carbonyl (C=O) groups is 1. The minimum atomic E-state index is 0.